The summed E-state index contributed by atoms with van der Waals surface area (Å²) < 4.78 is 293. The van der Waals surface area contributed by atoms with Crippen LogP contribution in [0, 0.1) is 0 Å². The Kier molecular flexibility index (Phi) is 10.1. The average molecular weight is 668 g/mol. The van der Waals surface area contributed by atoms with E-state index in [1.807, 2.05) is 0 Å². The summed E-state index contributed by atoms with van der Waals surface area (Å²) >= 11 is 0. The Morgan fingerprint density at radius 2 is 0.600 bits per heavy atom. The van der Waals surface area contributed by atoms with E-state index in [9.17, 15) is 92.2 Å². The van der Waals surface area contributed by atoms with Gasteiger partial charge in [0.05, 0.1) is 0 Å². The summed E-state index contributed by atoms with van der Waals surface area (Å²) in [6.45, 7) is 0. The van der Waals surface area contributed by atoms with Crippen molar-refractivity contribution in [1.82, 2.24) is 0 Å². The van der Waals surface area contributed by atoms with Crippen LogP contribution in [-0.2, 0) is 13.3 Å². The minimum Gasteiger partial charge on any atom is -0.377 e. The van der Waals surface area contributed by atoms with E-state index < -0.39 is 80.7 Å². The van der Waals surface area contributed by atoms with Crippen molar-refractivity contribution in [3.05, 3.63) is 0 Å². The van der Waals surface area contributed by atoms with E-state index in [-0.39, 0.29) is 0 Å². The molecule has 0 N–H and O–H groups in total. The molecule has 0 amide bonds. The van der Waals surface area contributed by atoms with Crippen LogP contribution >= 0.6 is 0 Å². The zero-order valence-electron chi connectivity index (χ0n) is 19.1. The number of hydrogen-bond donors (Lipinski definition) is 0. The molecule has 0 spiro atoms. The van der Waals surface area contributed by atoms with Gasteiger partial charge in [0.1, 0.15) is 0 Å². The third kappa shape index (κ3) is 5.08. The van der Waals surface area contributed by atoms with Gasteiger partial charge >= 0.3 is 68.3 Å². The van der Waals surface area contributed by atoms with E-state index in [0.29, 0.717) is 21.3 Å². The first-order chi connectivity index (χ1) is 17.1. The van der Waals surface area contributed by atoms with Crippen molar-refractivity contribution < 1.29 is 105 Å². The highest BCUT2D eigenvalue weighted by Gasteiger charge is 2.97. The largest absolute Gasteiger partial charge is 0.500 e. The quantitative estimate of drug-likeness (QED) is 0.142. The molecule has 0 aliphatic heterocycles. The van der Waals surface area contributed by atoms with Crippen LogP contribution in [0.5, 0.6) is 0 Å². The van der Waals surface area contributed by atoms with Gasteiger partial charge in [-0.1, -0.05) is 0 Å². The van der Waals surface area contributed by atoms with E-state index in [0.717, 1.165) is 0 Å². The molecule has 0 heterocycles. The first kappa shape index (κ1) is 38.6. The Balaban J connectivity index is 6.93. The zero-order valence-corrected chi connectivity index (χ0v) is 20.1. The van der Waals surface area contributed by atoms with Crippen LogP contribution in [-0.4, -0.2) is 89.6 Å². The summed E-state index contributed by atoms with van der Waals surface area (Å²) in [7, 11) is -2.77. The second kappa shape index (κ2) is 10.4. The molecular formula is C15H13F21O3Si. The lowest BCUT2D eigenvalue weighted by atomic mass is 9.86. The standard InChI is InChI=1S/C15H13F21O3Si/c1-37-40(38-2,39-3)5-4-6(16,17)7(18,19)8(20,21)9(22,23)10(24,25)11(26,27)12(28,29)13(30,31)14(32,33)15(34,35)36/h4-5H2,1-3H3. The maximum Gasteiger partial charge on any atom is 0.500 e. The van der Waals surface area contributed by atoms with Gasteiger partial charge in [0.15, 0.2) is 0 Å². The van der Waals surface area contributed by atoms with Crippen LogP contribution in [0.3, 0.4) is 0 Å². The SMILES string of the molecule is CO[Si](CCC(F)(F)C(F)(F)C(F)(F)C(F)(F)C(F)(F)C(F)(F)C(F)(F)C(F)(F)C(F)(F)C(F)(F)F)(OC)OC. The highest BCUT2D eigenvalue weighted by Crippen LogP contribution is 2.66. The van der Waals surface area contributed by atoms with Crippen molar-refractivity contribution in [3.63, 3.8) is 0 Å². The molecule has 0 saturated carbocycles. The Morgan fingerprint density at radius 1 is 0.375 bits per heavy atom. The fourth-order valence-corrected chi connectivity index (χ4v) is 4.35. The van der Waals surface area contributed by atoms with Crippen molar-refractivity contribution in [3.8, 4) is 0 Å². The molecule has 3 nitrogen and oxygen atoms in total. The molecule has 0 atom stereocenters. The molecule has 40 heavy (non-hydrogen) atoms. The fourth-order valence-electron chi connectivity index (χ4n) is 2.61. The van der Waals surface area contributed by atoms with Crippen LogP contribution in [0.4, 0.5) is 92.2 Å². The van der Waals surface area contributed by atoms with Gasteiger partial charge in [0.25, 0.3) is 0 Å². The highest BCUT2D eigenvalue weighted by molar-refractivity contribution is 6.60. The van der Waals surface area contributed by atoms with Crippen LogP contribution in [0.2, 0.25) is 6.04 Å². The molecule has 0 unspecified atom stereocenters. The summed E-state index contributed by atoms with van der Waals surface area (Å²) in [5.41, 5.74) is 0. The number of halogens is 21. The number of rotatable bonds is 14. The summed E-state index contributed by atoms with van der Waals surface area (Å²) in [4.78, 5) is 0. The van der Waals surface area contributed by atoms with Crippen LogP contribution in [0.1, 0.15) is 6.42 Å². The molecule has 0 fully saturated rings. The Hall–Kier alpha value is -1.37. The van der Waals surface area contributed by atoms with Gasteiger partial charge in [-0.05, 0) is 0 Å². The van der Waals surface area contributed by atoms with E-state index in [1.165, 1.54) is 0 Å². The van der Waals surface area contributed by atoms with Gasteiger partial charge in [-0.15, -0.1) is 0 Å². The lowest BCUT2D eigenvalue weighted by Crippen LogP contribution is -2.76. The summed E-state index contributed by atoms with van der Waals surface area (Å²) in [6.07, 6.45) is -10.9. The predicted molar refractivity (Wildman–Crippen MR) is 86.8 cm³/mol. The summed E-state index contributed by atoms with van der Waals surface area (Å²) in [5, 5.41) is 0. The molecule has 0 saturated heterocycles. The predicted octanol–water partition coefficient (Wildman–Crippen LogP) is 7.53. The molecular weight excluding hydrogens is 655 g/mol. The summed E-state index contributed by atoms with van der Waals surface area (Å²) in [6, 6.07) is -1.75. The Morgan fingerprint density at radius 3 is 0.825 bits per heavy atom. The van der Waals surface area contributed by atoms with Crippen LogP contribution in [0.25, 0.3) is 0 Å². The monoisotopic (exact) mass is 668 g/mol. The Bertz CT molecular complexity index is 871. The minimum absolute atomic E-state index is 0.583. The smallest absolute Gasteiger partial charge is 0.377 e. The molecule has 0 aromatic carbocycles. The van der Waals surface area contributed by atoms with Crippen molar-refractivity contribution in [1.29, 1.82) is 0 Å². The highest BCUT2D eigenvalue weighted by atomic mass is 28.4. The molecule has 25 heteroatoms. The molecule has 0 aliphatic carbocycles. The lowest BCUT2D eigenvalue weighted by Gasteiger charge is -2.44. The van der Waals surface area contributed by atoms with Gasteiger partial charge < -0.3 is 13.3 Å². The van der Waals surface area contributed by atoms with Gasteiger partial charge in [0.2, 0.25) is 0 Å². The van der Waals surface area contributed by atoms with E-state index in [4.69, 9.17) is 0 Å². The summed E-state index contributed by atoms with van der Waals surface area (Å²) in [5.74, 6) is -77.2. The first-order valence-corrected chi connectivity index (χ1v) is 11.2. The molecule has 0 rings (SSSR count). The molecule has 0 aliphatic rings. The molecule has 0 bridgehead atoms. The molecule has 0 radical (unpaired) electrons. The Labute approximate surface area is 208 Å². The third-order valence-corrected chi connectivity index (χ3v) is 7.98. The van der Waals surface area contributed by atoms with Crippen LogP contribution in [0.15, 0.2) is 0 Å². The van der Waals surface area contributed by atoms with E-state index >= 15 is 0 Å². The molecule has 0 aromatic rings. The van der Waals surface area contributed by atoms with Crippen molar-refractivity contribution in [2.24, 2.45) is 0 Å². The topological polar surface area (TPSA) is 27.7 Å². The number of alkyl halides is 21. The van der Waals surface area contributed by atoms with Crippen LogP contribution < -0.4 is 0 Å². The van der Waals surface area contributed by atoms with Gasteiger partial charge in [-0.2, -0.15) is 92.2 Å². The average Bonchev–Trinajstić information content (AvgIpc) is 2.78. The lowest BCUT2D eigenvalue weighted by molar-refractivity contribution is -0.474. The second-order valence-corrected chi connectivity index (χ2v) is 10.7. The first-order valence-electron chi connectivity index (χ1n) is 9.26. The van der Waals surface area contributed by atoms with Gasteiger partial charge in [-0.25, -0.2) is 0 Å². The molecule has 0 aromatic heterocycles. The third-order valence-electron chi connectivity index (χ3n) is 5.25. The number of hydrogen-bond acceptors (Lipinski definition) is 3. The van der Waals surface area contributed by atoms with E-state index in [2.05, 4.69) is 13.3 Å². The molecule has 242 valence electrons. The van der Waals surface area contributed by atoms with Crippen molar-refractivity contribution >= 4 is 8.80 Å². The van der Waals surface area contributed by atoms with Gasteiger partial charge in [0, 0.05) is 33.8 Å². The minimum atomic E-state index is -9.19. The fraction of sp³-hybridized carbons (Fsp3) is 1.00. The maximum atomic E-state index is 13.9. The second-order valence-electron chi connectivity index (χ2n) is 7.59. The zero-order chi connectivity index (χ0) is 33.0. The van der Waals surface area contributed by atoms with Crippen molar-refractivity contribution in [2.45, 2.75) is 71.9 Å². The van der Waals surface area contributed by atoms with Crippen molar-refractivity contribution in [2.75, 3.05) is 21.3 Å². The maximum absolute atomic E-state index is 13.9. The van der Waals surface area contributed by atoms with E-state index in [1.54, 1.807) is 0 Å². The van der Waals surface area contributed by atoms with Gasteiger partial charge in [-0.3, -0.25) is 0 Å². The normalized spacial score (nSPS) is 16.5.